The highest BCUT2D eigenvalue weighted by Crippen LogP contribution is 2.29. The average Bonchev–Trinajstić information content (AvgIpc) is 2.61. The van der Waals surface area contributed by atoms with Gasteiger partial charge in [-0.15, -0.1) is 0 Å². The van der Waals surface area contributed by atoms with Crippen molar-refractivity contribution in [2.24, 2.45) is 11.8 Å². The second kappa shape index (κ2) is 10.5. The monoisotopic (exact) mass is 364 g/mol. The first-order chi connectivity index (χ1) is 11.9. The van der Waals surface area contributed by atoms with Gasteiger partial charge in [-0.2, -0.15) is 0 Å². The number of hydrogen-bond acceptors (Lipinski definition) is 4. The largest absolute Gasteiger partial charge is 0.371 e. The molecule has 0 aromatic heterocycles. The van der Waals surface area contributed by atoms with E-state index in [1.54, 1.807) is 6.92 Å². The van der Waals surface area contributed by atoms with E-state index in [2.05, 4.69) is 28.7 Å². The molecule has 0 atom stereocenters. The van der Waals surface area contributed by atoms with E-state index in [0.717, 1.165) is 30.8 Å². The van der Waals surface area contributed by atoms with Crippen molar-refractivity contribution in [1.82, 2.24) is 4.72 Å². The number of piperidine rings is 1. The Hall–Kier alpha value is -1.49. The lowest BCUT2D eigenvalue weighted by Gasteiger charge is -2.33. The molecule has 25 heavy (non-hydrogen) atoms. The number of rotatable bonds is 5. The van der Waals surface area contributed by atoms with Crippen LogP contribution in [-0.2, 0) is 9.59 Å². The zero-order valence-electron chi connectivity index (χ0n) is 16.4. The van der Waals surface area contributed by atoms with Crippen molar-refractivity contribution in [3.63, 3.8) is 0 Å². The summed E-state index contributed by atoms with van der Waals surface area (Å²) in [6.45, 7) is 13.4. The van der Waals surface area contributed by atoms with Gasteiger partial charge in [-0.05, 0) is 62.4 Å². The second-order valence-electron chi connectivity index (χ2n) is 6.54. The Bertz CT molecular complexity index is 579. The van der Waals surface area contributed by atoms with Gasteiger partial charge in [0.2, 0.25) is 5.91 Å². The number of benzene rings is 1. The van der Waals surface area contributed by atoms with E-state index in [1.165, 1.54) is 23.2 Å². The molecular weight excluding hydrogens is 332 g/mol. The van der Waals surface area contributed by atoms with Crippen LogP contribution < -0.4 is 9.62 Å². The number of ketones is 1. The minimum absolute atomic E-state index is 0.00885. The van der Waals surface area contributed by atoms with Crippen LogP contribution in [0.1, 0.15) is 53.0 Å². The molecule has 0 bridgehead atoms. The highest BCUT2D eigenvalue weighted by Gasteiger charge is 2.23. The molecule has 1 N–H and O–H groups in total. The summed E-state index contributed by atoms with van der Waals surface area (Å²) in [7, 11) is 0. The second-order valence-corrected chi connectivity index (χ2v) is 7.42. The summed E-state index contributed by atoms with van der Waals surface area (Å²) in [6, 6.07) is 6.27. The number of anilines is 1. The molecule has 0 spiro atoms. The van der Waals surface area contributed by atoms with E-state index in [0.29, 0.717) is 5.78 Å². The summed E-state index contributed by atoms with van der Waals surface area (Å²) in [5.41, 5.74) is 2.43. The van der Waals surface area contributed by atoms with Gasteiger partial charge in [0.1, 0.15) is 5.78 Å². The molecule has 1 amide bonds. The van der Waals surface area contributed by atoms with Gasteiger partial charge in [0.25, 0.3) is 0 Å². The molecule has 1 aromatic carbocycles. The number of carbonyl (C=O) groups excluding carboxylic acids is 2. The summed E-state index contributed by atoms with van der Waals surface area (Å²) in [5.74, 6) is 0.579. The Labute approximate surface area is 156 Å². The van der Waals surface area contributed by atoms with Crippen molar-refractivity contribution in [2.75, 3.05) is 18.0 Å². The normalized spacial score (nSPS) is 14.8. The lowest BCUT2D eigenvalue weighted by molar-refractivity contribution is -0.122. The summed E-state index contributed by atoms with van der Waals surface area (Å²) >= 11 is 1.37. The summed E-state index contributed by atoms with van der Waals surface area (Å²) < 4.78 is 2.87. The number of Topliss-reactive ketones (excluding diaryl/α,β-unsaturated/α-hetero) is 1. The van der Waals surface area contributed by atoms with Crippen LogP contribution in [0.15, 0.2) is 23.1 Å². The van der Waals surface area contributed by atoms with Gasteiger partial charge >= 0.3 is 0 Å². The molecular formula is C20H32N2O2S. The third kappa shape index (κ3) is 6.38. The fourth-order valence-corrected chi connectivity index (χ4v) is 3.63. The fourth-order valence-electron chi connectivity index (χ4n) is 2.80. The predicted octanol–water partition coefficient (Wildman–Crippen LogP) is 4.61. The molecule has 0 saturated carbocycles. The number of nitrogens with one attached hydrogen (secondary N) is 1. The first-order valence-corrected chi connectivity index (χ1v) is 10.0. The smallest absolute Gasteiger partial charge is 0.232 e. The van der Waals surface area contributed by atoms with Gasteiger partial charge in [-0.25, -0.2) is 0 Å². The fraction of sp³-hybridized carbons (Fsp3) is 0.600. The van der Waals surface area contributed by atoms with Crippen molar-refractivity contribution in [3.05, 3.63) is 23.8 Å². The lowest BCUT2D eigenvalue weighted by Crippen LogP contribution is -2.36. The Morgan fingerprint density at radius 2 is 1.80 bits per heavy atom. The summed E-state index contributed by atoms with van der Waals surface area (Å²) in [5, 5.41) is 0. The molecule has 1 heterocycles. The van der Waals surface area contributed by atoms with Crippen LogP contribution in [0.5, 0.6) is 0 Å². The lowest BCUT2D eigenvalue weighted by atomic mass is 9.93. The molecule has 0 radical (unpaired) electrons. The van der Waals surface area contributed by atoms with E-state index < -0.39 is 0 Å². The topological polar surface area (TPSA) is 49.4 Å². The molecule has 0 aliphatic carbocycles. The molecule has 1 fully saturated rings. The van der Waals surface area contributed by atoms with Crippen molar-refractivity contribution in [2.45, 2.75) is 59.3 Å². The van der Waals surface area contributed by atoms with Crippen molar-refractivity contribution >= 4 is 29.3 Å². The number of amides is 1. The van der Waals surface area contributed by atoms with Gasteiger partial charge in [-0.3, -0.25) is 14.3 Å². The Balaban J connectivity index is 0.00000151. The van der Waals surface area contributed by atoms with Gasteiger partial charge in [0, 0.05) is 35.5 Å². The van der Waals surface area contributed by atoms with Crippen molar-refractivity contribution in [3.8, 4) is 0 Å². The van der Waals surface area contributed by atoms with E-state index in [-0.39, 0.29) is 17.7 Å². The molecule has 1 saturated heterocycles. The van der Waals surface area contributed by atoms with Crippen molar-refractivity contribution in [1.29, 1.82) is 0 Å². The predicted molar refractivity (Wildman–Crippen MR) is 107 cm³/mol. The van der Waals surface area contributed by atoms with Crippen LogP contribution in [0.3, 0.4) is 0 Å². The quantitative estimate of drug-likeness (QED) is 0.775. The van der Waals surface area contributed by atoms with E-state index >= 15 is 0 Å². The maximum Gasteiger partial charge on any atom is 0.232 e. The third-order valence-corrected chi connectivity index (χ3v) is 5.17. The molecule has 1 aromatic rings. The highest BCUT2D eigenvalue weighted by atomic mass is 32.2. The van der Waals surface area contributed by atoms with Gasteiger partial charge < -0.3 is 4.90 Å². The first kappa shape index (κ1) is 21.6. The van der Waals surface area contributed by atoms with E-state index in [9.17, 15) is 9.59 Å². The minimum Gasteiger partial charge on any atom is -0.371 e. The summed E-state index contributed by atoms with van der Waals surface area (Å²) in [6.07, 6.45) is 1.88. The van der Waals surface area contributed by atoms with E-state index in [4.69, 9.17) is 0 Å². The molecule has 2 rings (SSSR count). The first-order valence-electron chi connectivity index (χ1n) is 9.21. The molecule has 4 nitrogen and oxygen atoms in total. The minimum atomic E-state index is -0.00885. The zero-order chi connectivity index (χ0) is 19.0. The van der Waals surface area contributed by atoms with Crippen LogP contribution >= 0.6 is 11.9 Å². The SMILES string of the molecule is CC.CC(=O)C1CCN(c2ccc(SNC(=O)C(C)C)cc2C)CC1. The Kier molecular flexibility index (Phi) is 9.04. The van der Waals surface area contributed by atoms with Crippen LogP contribution in [0.25, 0.3) is 0 Å². The summed E-state index contributed by atoms with van der Waals surface area (Å²) in [4.78, 5) is 26.5. The molecule has 1 aliphatic rings. The van der Waals surface area contributed by atoms with Crippen molar-refractivity contribution < 1.29 is 9.59 Å². The Morgan fingerprint density at radius 1 is 1.20 bits per heavy atom. The maximum atomic E-state index is 11.6. The maximum absolute atomic E-state index is 11.6. The van der Waals surface area contributed by atoms with Gasteiger partial charge in [0.15, 0.2) is 0 Å². The molecule has 0 unspecified atom stereocenters. The van der Waals surface area contributed by atoms with Gasteiger partial charge in [0.05, 0.1) is 0 Å². The number of carbonyl (C=O) groups is 2. The van der Waals surface area contributed by atoms with Crippen LogP contribution in [0, 0.1) is 18.8 Å². The molecule has 5 heteroatoms. The molecule has 1 aliphatic heterocycles. The number of hydrogen-bond donors (Lipinski definition) is 1. The number of aryl methyl sites for hydroxylation is 1. The van der Waals surface area contributed by atoms with Gasteiger partial charge in [-0.1, -0.05) is 27.7 Å². The zero-order valence-corrected chi connectivity index (χ0v) is 17.2. The van der Waals surface area contributed by atoms with Crippen LogP contribution in [0.2, 0.25) is 0 Å². The third-order valence-electron chi connectivity index (χ3n) is 4.37. The molecule has 140 valence electrons. The standard InChI is InChI=1S/C18H26N2O2S.C2H6/c1-12(2)18(22)19-23-16-5-6-17(13(3)11-16)20-9-7-15(8-10-20)14(4)21;1-2/h5-6,11-12,15H,7-10H2,1-4H3,(H,19,22);1-2H3. The van der Waals surface area contributed by atoms with Crippen LogP contribution in [-0.4, -0.2) is 24.8 Å². The highest BCUT2D eigenvalue weighted by molar-refractivity contribution is 7.98. The average molecular weight is 365 g/mol. The number of nitrogens with zero attached hydrogens (tertiary/aromatic N) is 1. The van der Waals surface area contributed by atoms with Crippen LogP contribution in [0.4, 0.5) is 5.69 Å². The van der Waals surface area contributed by atoms with E-state index in [1.807, 2.05) is 33.8 Å². The Morgan fingerprint density at radius 3 is 2.28 bits per heavy atom.